The second kappa shape index (κ2) is 6.38. The quantitative estimate of drug-likeness (QED) is 0.795. The maximum Gasteiger partial charge on any atom is 0.306 e. The van der Waals surface area contributed by atoms with Gasteiger partial charge in [-0.15, -0.1) is 0 Å². The third-order valence-corrected chi connectivity index (χ3v) is 5.49. The van der Waals surface area contributed by atoms with Gasteiger partial charge in [-0.05, 0) is 31.6 Å². The summed E-state index contributed by atoms with van der Waals surface area (Å²) >= 11 is 0. The maximum atomic E-state index is 11.3. The molecule has 0 heterocycles. The van der Waals surface area contributed by atoms with Crippen molar-refractivity contribution < 1.29 is 18.3 Å². The van der Waals surface area contributed by atoms with E-state index in [1.807, 2.05) is 0 Å². The first-order chi connectivity index (χ1) is 7.96. The minimum Gasteiger partial charge on any atom is -0.481 e. The van der Waals surface area contributed by atoms with Crippen molar-refractivity contribution in [2.24, 2.45) is 11.8 Å². The highest BCUT2D eigenvalue weighted by Crippen LogP contribution is 2.33. The smallest absolute Gasteiger partial charge is 0.306 e. The highest BCUT2D eigenvalue weighted by atomic mass is 32.2. The molecule has 0 aromatic carbocycles. The van der Waals surface area contributed by atoms with E-state index in [-0.39, 0.29) is 23.3 Å². The summed E-state index contributed by atoms with van der Waals surface area (Å²) in [5.41, 5.74) is 0. The highest BCUT2D eigenvalue weighted by Gasteiger charge is 2.30. The zero-order valence-electron chi connectivity index (χ0n) is 10.4. The molecule has 0 amide bonds. The van der Waals surface area contributed by atoms with Crippen LogP contribution >= 0.6 is 0 Å². The number of carboxylic acids is 1. The Morgan fingerprint density at radius 1 is 1.29 bits per heavy atom. The fourth-order valence-corrected chi connectivity index (χ4v) is 3.48. The molecule has 0 aromatic heterocycles. The summed E-state index contributed by atoms with van der Waals surface area (Å²) in [6.07, 6.45) is 5.08. The van der Waals surface area contributed by atoms with E-state index in [0.29, 0.717) is 6.42 Å². The van der Waals surface area contributed by atoms with Crippen molar-refractivity contribution in [1.82, 2.24) is 0 Å². The van der Waals surface area contributed by atoms with Crippen molar-refractivity contribution >= 4 is 15.8 Å². The van der Waals surface area contributed by atoms with Crippen LogP contribution in [0.25, 0.3) is 0 Å². The summed E-state index contributed by atoms with van der Waals surface area (Å²) in [6, 6.07) is 0. The topological polar surface area (TPSA) is 71.4 Å². The first-order valence-corrected chi connectivity index (χ1v) is 8.21. The molecular weight excluding hydrogens is 240 g/mol. The number of carboxylic acid groups (broad SMARTS) is 1. The average Bonchev–Trinajstić information content (AvgIpc) is 2.29. The van der Waals surface area contributed by atoms with Gasteiger partial charge >= 0.3 is 5.97 Å². The molecule has 0 aliphatic heterocycles. The van der Waals surface area contributed by atoms with Crippen LogP contribution in [-0.2, 0) is 14.6 Å². The van der Waals surface area contributed by atoms with Crippen LogP contribution in [-0.4, -0.2) is 31.0 Å². The molecule has 1 aliphatic rings. The van der Waals surface area contributed by atoms with E-state index in [9.17, 15) is 13.2 Å². The van der Waals surface area contributed by atoms with Crippen LogP contribution in [0, 0.1) is 11.8 Å². The molecule has 4 nitrogen and oxygen atoms in total. The Hall–Kier alpha value is -0.580. The van der Waals surface area contributed by atoms with E-state index in [2.05, 4.69) is 0 Å². The second-order valence-corrected chi connectivity index (χ2v) is 7.34. The van der Waals surface area contributed by atoms with Crippen molar-refractivity contribution in [3.05, 3.63) is 0 Å². The van der Waals surface area contributed by atoms with Gasteiger partial charge in [-0.3, -0.25) is 4.79 Å². The summed E-state index contributed by atoms with van der Waals surface area (Å²) in [4.78, 5) is 11.1. The lowest BCUT2D eigenvalue weighted by Crippen LogP contribution is -2.27. The average molecular weight is 262 g/mol. The zero-order valence-corrected chi connectivity index (χ0v) is 11.2. The van der Waals surface area contributed by atoms with Crippen LogP contribution in [0.15, 0.2) is 0 Å². The molecule has 0 radical (unpaired) electrons. The third-order valence-electron chi connectivity index (χ3n) is 3.70. The number of hydrogen-bond acceptors (Lipinski definition) is 3. The molecule has 2 atom stereocenters. The van der Waals surface area contributed by atoms with Crippen LogP contribution in [0.1, 0.15) is 45.4 Å². The standard InChI is InChI=1S/C12H22O4S/c1-2-17(15,16)9-5-7-10-6-3-4-8-11(10)12(13)14/h10-11H,2-9H2,1H3,(H,13,14). The Morgan fingerprint density at radius 2 is 1.94 bits per heavy atom. The fraction of sp³-hybridized carbons (Fsp3) is 0.917. The summed E-state index contributed by atoms with van der Waals surface area (Å²) < 4.78 is 22.7. The van der Waals surface area contributed by atoms with Crippen molar-refractivity contribution in [3.8, 4) is 0 Å². The van der Waals surface area contributed by atoms with Crippen LogP contribution in [0.3, 0.4) is 0 Å². The van der Waals surface area contributed by atoms with E-state index in [0.717, 1.165) is 32.1 Å². The first kappa shape index (κ1) is 14.5. The summed E-state index contributed by atoms with van der Waals surface area (Å²) in [5.74, 6) is -0.416. The Kier molecular flexibility index (Phi) is 5.43. The van der Waals surface area contributed by atoms with Gasteiger partial charge in [0.05, 0.1) is 11.7 Å². The molecule has 1 rings (SSSR count). The zero-order chi connectivity index (χ0) is 12.9. The van der Waals surface area contributed by atoms with Gasteiger partial charge in [0.25, 0.3) is 0 Å². The molecule has 17 heavy (non-hydrogen) atoms. The molecule has 0 aromatic rings. The Labute approximate surface area is 103 Å². The molecular formula is C12H22O4S. The van der Waals surface area contributed by atoms with Crippen molar-refractivity contribution in [2.45, 2.75) is 45.4 Å². The maximum absolute atomic E-state index is 11.3. The number of rotatable bonds is 6. The molecule has 0 saturated heterocycles. The molecule has 1 aliphatic carbocycles. The van der Waals surface area contributed by atoms with Crippen LogP contribution in [0.5, 0.6) is 0 Å². The molecule has 1 N–H and O–H groups in total. The lowest BCUT2D eigenvalue weighted by Gasteiger charge is -2.28. The molecule has 5 heteroatoms. The molecule has 2 unspecified atom stereocenters. The molecule has 1 saturated carbocycles. The normalized spacial score (nSPS) is 25.7. The van der Waals surface area contributed by atoms with Gasteiger partial charge in [-0.1, -0.05) is 19.8 Å². The van der Waals surface area contributed by atoms with Crippen molar-refractivity contribution in [1.29, 1.82) is 0 Å². The number of sulfone groups is 1. The minimum absolute atomic E-state index is 0.174. The Balaban J connectivity index is 2.41. The fourth-order valence-electron chi connectivity index (χ4n) is 2.59. The van der Waals surface area contributed by atoms with Gasteiger partial charge in [0.2, 0.25) is 0 Å². The van der Waals surface area contributed by atoms with E-state index in [4.69, 9.17) is 5.11 Å². The predicted molar refractivity (Wildman–Crippen MR) is 66.6 cm³/mol. The van der Waals surface area contributed by atoms with Gasteiger partial charge in [-0.25, -0.2) is 8.42 Å². The molecule has 100 valence electrons. The van der Waals surface area contributed by atoms with Gasteiger partial charge < -0.3 is 5.11 Å². The summed E-state index contributed by atoms with van der Waals surface area (Å²) in [6.45, 7) is 1.65. The van der Waals surface area contributed by atoms with Crippen molar-refractivity contribution in [2.75, 3.05) is 11.5 Å². The van der Waals surface area contributed by atoms with E-state index in [1.54, 1.807) is 6.92 Å². The largest absolute Gasteiger partial charge is 0.481 e. The third kappa shape index (κ3) is 4.66. The van der Waals surface area contributed by atoms with Gasteiger partial charge in [-0.2, -0.15) is 0 Å². The number of aliphatic carboxylic acids is 1. The van der Waals surface area contributed by atoms with E-state index in [1.165, 1.54) is 0 Å². The Bertz CT molecular complexity index is 348. The van der Waals surface area contributed by atoms with E-state index < -0.39 is 15.8 Å². The monoisotopic (exact) mass is 262 g/mol. The van der Waals surface area contributed by atoms with Gasteiger partial charge in [0, 0.05) is 5.75 Å². The van der Waals surface area contributed by atoms with Gasteiger partial charge in [0.1, 0.15) is 9.84 Å². The lowest BCUT2D eigenvalue weighted by atomic mass is 9.77. The van der Waals surface area contributed by atoms with Crippen molar-refractivity contribution in [3.63, 3.8) is 0 Å². The van der Waals surface area contributed by atoms with Crippen LogP contribution in [0.2, 0.25) is 0 Å². The highest BCUT2D eigenvalue weighted by molar-refractivity contribution is 7.91. The Morgan fingerprint density at radius 3 is 2.53 bits per heavy atom. The number of carbonyl (C=O) groups is 1. The van der Waals surface area contributed by atoms with E-state index >= 15 is 0 Å². The number of hydrogen-bond donors (Lipinski definition) is 1. The molecule has 1 fully saturated rings. The summed E-state index contributed by atoms with van der Waals surface area (Å²) in [5, 5.41) is 9.10. The molecule has 0 bridgehead atoms. The second-order valence-electron chi connectivity index (χ2n) is 4.87. The van der Waals surface area contributed by atoms with Gasteiger partial charge in [0.15, 0.2) is 0 Å². The van der Waals surface area contributed by atoms with Crippen LogP contribution in [0.4, 0.5) is 0 Å². The first-order valence-electron chi connectivity index (χ1n) is 6.39. The van der Waals surface area contributed by atoms with Crippen LogP contribution < -0.4 is 0 Å². The predicted octanol–water partition coefficient (Wildman–Crippen LogP) is 2.09. The minimum atomic E-state index is -2.91. The SMILES string of the molecule is CCS(=O)(=O)CCCC1CCCCC1C(=O)O. The lowest BCUT2D eigenvalue weighted by molar-refractivity contribution is -0.145. The summed E-state index contributed by atoms with van der Waals surface area (Å²) in [7, 11) is -2.91. The molecule has 0 spiro atoms.